The van der Waals surface area contributed by atoms with Crippen molar-refractivity contribution in [2.75, 3.05) is 0 Å². The van der Waals surface area contributed by atoms with Crippen LogP contribution in [-0.4, -0.2) is 0 Å². The molecule has 0 aromatic heterocycles. The third-order valence-corrected chi connectivity index (χ3v) is 7.86. The lowest BCUT2D eigenvalue weighted by molar-refractivity contribution is 0.331. The molecule has 0 radical (unpaired) electrons. The Balaban J connectivity index is 1.80. The van der Waals surface area contributed by atoms with Crippen LogP contribution in [0.1, 0.15) is 107 Å². The minimum Gasteiger partial charge on any atom is -0.0952 e. The third kappa shape index (κ3) is 4.05. The van der Waals surface area contributed by atoms with Gasteiger partial charge < -0.3 is 0 Å². The first kappa shape index (κ1) is 22.8. The molecule has 0 heteroatoms. The lowest BCUT2D eigenvalue weighted by Crippen LogP contribution is -2.34. The third-order valence-electron chi connectivity index (χ3n) is 7.86. The molecule has 0 nitrogen and oxygen atoms in total. The molecule has 0 fully saturated rings. The van der Waals surface area contributed by atoms with Crippen LogP contribution in [0.25, 0.3) is 11.1 Å². The summed E-state index contributed by atoms with van der Waals surface area (Å²) in [5, 5.41) is 0. The van der Waals surface area contributed by atoms with Gasteiger partial charge in [0.05, 0.1) is 0 Å². The molecule has 2 aliphatic carbocycles. The Labute approximate surface area is 196 Å². The first-order valence-corrected chi connectivity index (χ1v) is 12.3. The summed E-state index contributed by atoms with van der Waals surface area (Å²) < 4.78 is 0. The topological polar surface area (TPSA) is 0 Å². The number of rotatable bonds is 3. The number of benzene rings is 2. The number of fused-ring (bicyclic) bond motifs is 1. The fourth-order valence-electron chi connectivity index (χ4n) is 5.68. The second-order valence-corrected chi connectivity index (χ2v) is 11.5. The summed E-state index contributed by atoms with van der Waals surface area (Å²) in [4.78, 5) is 0. The monoisotopic (exact) mass is 424 g/mol. The Morgan fingerprint density at radius 3 is 2.03 bits per heavy atom. The van der Waals surface area contributed by atoms with Crippen molar-refractivity contribution in [3.8, 4) is 0 Å². The fraction of sp³-hybridized carbons (Fsp3) is 0.438. The van der Waals surface area contributed by atoms with E-state index in [0.29, 0.717) is 0 Å². The summed E-state index contributed by atoms with van der Waals surface area (Å²) in [6, 6.07) is 14.2. The van der Waals surface area contributed by atoms with Gasteiger partial charge in [-0.05, 0) is 114 Å². The molecule has 2 aromatic carbocycles. The Bertz CT molecular complexity index is 1110. The van der Waals surface area contributed by atoms with Crippen molar-refractivity contribution in [1.82, 2.24) is 0 Å². The van der Waals surface area contributed by atoms with Crippen LogP contribution in [0.4, 0.5) is 0 Å². The van der Waals surface area contributed by atoms with E-state index in [0.717, 1.165) is 12.8 Å². The number of hydrogen-bond donors (Lipinski definition) is 0. The first-order chi connectivity index (χ1) is 15.0. The molecule has 0 N–H and O–H groups in total. The molecule has 0 amide bonds. The van der Waals surface area contributed by atoms with Crippen LogP contribution in [-0.2, 0) is 10.8 Å². The van der Waals surface area contributed by atoms with E-state index in [1.54, 1.807) is 5.56 Å². The summed E-state index contributed by atoms with van der Waals surface area (Å²) in [5.74, 6) is 0. The molecule has 2 aliphatic rings. The predicted octanol–water partition coefficient (Wildman–Crippen LogP) is 9.31. The summed E-state index contributed by atoms with van der Waals surface area (Å²) >= 11 is 0. The number of hydrogen-bond acceptors (Lipinski definition) is 0. The molecule has 0 spiro atoms. The molecule has 4 rings (SSSR count). The quantitative estimate of drug-likeness (QED) is 0.460. The molecule has 168 valence electrons. The molecule has 0 unspecified atom stereocenters. The number of allylic oxidation sites excluding steroid dienone is 4. The van der Waals surface area contributed by atoms with Gasteiger partial charge in [-0.2, -0.15) is 0 Å². The minimum absolute atomic E-state index is 0.220. The molecule has 0 bridgehead atoms. The van der Waals surface area contributed by atoms with Crippen molar-refractivity contribution < 1.29 is 0 Å². The molecule has 0 atom stereocenters. The van der Waals surface area contributed by atoms with Crippen molar-refractivity contribution in [3.05, 3.63) is 93.6 Å². The zero-order valence-corrected chi connectivity index (χ0v) is 21.3. The fourth-order valence-corrected chi connectivity index (χ4v) is 5.68. The second-order valence-electron chi connectivity index (χ2n) is 11.5. The smallest absolute Gasteiger partial charge is 0.0100 e. The first-order valence-electron chi connectivity index (χ1n) is 12.3. The van der Waals surface area contributed by atoms with Gasteiger partial charge in [-0.1, -0.05) is 82.3 Å². The van der Waals surface area contributed by atoms with Crippen LogP contribution < -0.4 is 0 Å². The van der Waals surface area contributed by atoms with E-state index in [4.69, 9.17) is 0 Å². The SMILES string of the molecule is C=C1CCCC=C1c1ccc(C(=C(C)C)c2cc3c(cc2C)C(C)(C)CCC3(C)C)cc1. The zero-order valence-electron chi connectivity index (χ0n) is 21.3. The molecule has 2 aromatic rings. The van der Waals surface area contributed by atoms with Gasteiger partial charge in [0, 0.05) is 0 Å². The van der Waals surface area contributed by atoms with E-state index >= 15 is 0 Å². The van der Waals surface area contributed by atoms with Crippen LogP contribution in [0.2, 0.25) is 0 Å². The van der Waals surface area contributed by atoms with Crippen LogP contribution in [0.15, 0.2) is 60.2 Å². The van der Waals surface area contributed by atoms with E-state index in [9.17, 15) is 0 Å². The van der Waals surface area contributed by atoms with Gasteiger partial charge >= 0.3 is 0 Å². The molecular weight excluding hydrogens is 384 g/mol. The average molecular weight is 425 g/mol. The largest absolute Gasteiger partial charge is 0.0952 e. The number of aryl methyl sites for hydroxylation is 1. The molecule has 0 saturated heterocycles. The Hall–Kier alpha value is -2.34. The maximum absolute atomic E-state index is 4.31. The highest BCUT2D eigenvalue weighted by molar-refractivity contribution is 5.86. The Kier molecular flexibility index (Phi) is 5.86. The summed E-state index contributed by atoms with van der Waals surface area (Å²) in [7, 11) is 0. The van der Waals surface area contributed by atoms with E-state index in [1.165, 1.54) is 69.4 Å². The molecule has 0 aliphatic heterocycles. The Morgan fingerprint density at radius 1 is 0.875 bits per heavy atom. The highest BCUT2D eigenvalue weighted by Crippen LogP contribution is 2.47. The average Bonchev–Trinajstić information content (AvgIpc) is 2.73. The van der Waals surface area contributed by atoms with E-state index < -0.39 is 0 Å². The van der Waals surface area contributed by atoms with Crippen molar-refractivity contribution in [1.29, 1.82) is 0 Å². The maximum Gasteiger partial charge on any atom is -0.0100 e. The zero-order chi connectivity index (χ0) is 23.3. The second kappa shape index (κ2) is 8.22. The standard InChI is InChI=1S/C32H40/c1-21(2)30(25-15-13-24(14-16-25)26-12-10-9-11-22(26)3)27-20-29-28(19-23(27)4)31(5,6)17-18-32(29,7)8/h12-16,19-20H,3,9-11,17-18H2,1-2,4-8H3. The predicted molar refractivity (Wildman–Crippen MR) is 141 cm³/mol. The van der Waals surface area contributed by atoms with Crippen LogP contribution in [0.3, 0.4) is 0 Å². The Morgan fingerprint density at radius 2 is 1.47 bits per heavy atom. The highest BCUT2D eigenvalue weighted by atomic mass is 14.4. The van der Waals surface area contributed by atoms with Crippen LogP contribution in [0, 0.1) is 6.92 Å². The van der Waals surface area contributed by atoms with Gasteiger partial charge in [0.15, 0.2) is 0 Å². The van der Waals surface area contributed by atoms with E-state index in [2.05, 4.69) is 97.5 Å². The minimum atomic E-state index is 0.220. The van der Waals surface area contributed by atoms with Crippen LogP contribution >= 0.6 is 0 Å². The summed E-state index contributed by atoms with van der Waals surface area (Å²) in [6.45, 7) is 20.8. The highest BCUT2D eigenvalue weighted by Gasteiger charge is 2.37. The van der Waals surface area contributed by atoms with Gasteiger partial charge in [-0.15, -0.1) is 0 Å². The lowest BCUT2D eigenvalue weighted by atomic mass is 9.62. The summed E-state index contributed by atoms with van der Waals surface area (Å²) in [6.07, 6.45) is 8.37. The van der Waals surface area contributed by atoms with Crippen molar-refractivity contribution in [3.63, 3.8) is 0 Å². The molecule has 0 heterocycles. The summed E-state index contributed by atoms with van der Waals surface area (Å²) in [5.41, 5.74) is 14.3. The van der Waals surface area contributed by atoms with Crippen molar-refractivity contribution >= 4 is 11.1 Å². The van der Waals surface area contributed by atoms with Gasteiger partial charge in [-0.25, -0.2) is 0 Å². The van der Waals surface area contributed by atoms with E-state index in [1.807, 2.05) is 0 Å². The van der Waals surface area contributed by atoms with E-state index in [-0.39, 0.29) is 10.8 Å². The van der Waals surface area contributed by atoms with Crippen molar-refractivity contribution in [2.45, 2.75) is 91.4 Å². The van der Waals surface area contributed by atoms with Gasteiger partial charge in [-0.3, -0.25) is 0 Å². The molecule has 0 saturated carbocycles. The van der Waals surface area contributed by atoms with Gasteiger partial charge in [0.1, 0.15) is 0 Å². The van der Waals surface area contributed by atoms with Crippen LogP contribution in [0.5, 0.6) is 0 Å². The van der Waals surface area contributed by atoms with Gasteiger partial charge in [0.2, 0.25) is 0 Å². The van der Waals surface area contributed by atoms with Crippen molar-refractivity contribution in [2.24, 2.45) is 0 Å². The molecule has 32 heavy (non-hydrogen) atoms. The lowest BCUT2D eigenvalue weighted by Gasteiger charge is -2.42. The van der Waals surface area contributed by atoms with Gasteiger partial charge in [0.25, 0.3) is 0 Å². The normalized spacial score (nSPS) is 19.2. The maximum atomic E-state index is 4.31. The molecular formula is C32H40.